The molecule has 0 saturated carbocycles. The zero-order valence-electron chi connectivity index (χ0n) is 7.34. The largest absolute Gasteiger partial charge is 0.330 e. The average molecular weight is 154 g/mol. The van der Waals surface area contributed by atoms with Crippen molar-refractivity contribution in [3.8, 4) is 0 Å². The lowest BCUT2D eigenvalue weighted by atomic mass is 9.80. The van der Waals surface area contributed by atoms with E-state index in [1.54, 1.807) is 0 Å². The van der Waals surface area contributed by atoms with Crippen molar-refractivity contribution in [2.45, 2.75) is 32.2 Å². The lowest BCUT2D eigenvalue weighted by Crippen LogP contribution is -2.42. The van der Waals surface area contributed by atoms with Crippen LogP contribution in [0.25, 0.3) is 0 Å². The second kappa shape index (κ2) is 2.46. The zero-order chi connectivity index (χ0) is 7.90. The molecule has 3 atom stereocenters. The summed E-state index contributed by atoms with van der Waals surface area (Å²) >= 11 is 0. The predicted octanol–water partition coefficient (Wildman–Crippen LogP) is 0.820. The molecule has 0 aromatic rings. The van der Waals surface area contributed by atoms with Crippen molar-refractivity contribution in [3.63, 3.8) is 0 Å². The molecule has 2 rings (SSSR count). The normalized spacial score (nSPS) is 49.6. The van der Waals surface area contributed by atoms with E-state index in [1.165, 1.54) is 32.4 Å². The van der Waals surface area contributed by atoms with Crippen molar-refractivity contribution >= 4 is 0 Å². The van der Waals surface area contributed by atoms with Crippen molar-refractivity contribution < 1.29 is 0 Å². The fourth-order valence-electron chi connectivity index (χ4n) is 2.52. The lowest BCUT2D eigenvalue weighted by molar-refractivity contribution is 0.139. The van der Waals surface area contributed by atoms with Crippen LogP contribution in [0.1, 0.15) is 26.2 Å². The van der Waals surface area contributed by atoms with Gasteiger partial charge in [-0.2, -0.15) is 0 Å². The number of rotatable bonds is 1. The minimum absolute atomic E-state index is 0.520. The highest BCUT2D eigenvalue weighted by atomic mass is 15.2. The Morgan fingerprint density at radius 1 is 1.55 bits per heavy atom. The topological polar surface area (TPSA) is 29.3 Å². The van der Waals surface area contributed by atoms with Crippen molar-refractivity contribution in [1.82, 2.24) is 4.90 Å². The van der Waals surface area contributed by atoms with Gasteiger partial charge >= 0.3 is 0 Å². The average Bonchev–Trinajstić information content (AvgIpc) is 2.40. The summed E-state index contributed by atoms with van der Waals surface area (Å²) in [7, 11) is 0. The lowest BCUT2D eigenvalue weighted by Gasteiger charge is -2.36. The first-order chi connectivity index (χ1) is 5.26. The molecule has 0 radical (unpaired) electrons. The van der Waals surface area contributed by atoms with Crippen molar-refractivity contribution in [2.75, 3.05) is 19.6 Å². The number of hydrogen-bond donors (Lipinski definition) is 1. The van der Waals surface area contributed by atoms with Gasteiger partial charge in [0, 0.05) is 12.6 Å². The maximum Gasteiger partial charge on any atom is 0.00673 e. The van der Waals surface area contributed by atoms with E-state index < -0.39 is 0 Å². The number of piperidine rings is 1. The molecule has 2 aliphatic heterocycles. The summed E-state index contributed by atoms with van der Waals surface area (Å²) in [5, 5.41) is 0. The first-order valence-electron chi connectivity index (χ1n) is 4.70. The van der Waals surface area contributed by atoms with E-state index in [-0.39, 0.29) is 0 Å². The van der Waals surface area contributed by atoms with Crippen LogP contribution in [0, 0.1) is 5.41 Å². The molecule has 3 unspecified atom stereocenters. The Kier molecular flexibility index (Phi) is 1.69. The van der Waals surface area contributed by atoms with Crippen LogP contribution in [0.4, 0.5) is 0 Å². The van der Waals surface area contributed by atoms with E-state index in [1.807, 2.05) is 0 Å². The van der Waals surface area contributed by atoms with E-state index in [4.69, 9.17) is 5.73 Å². The van der Waals surface area contributed by atoms with Gasteiger partial charge in [-0.25, -0.2) is 0 Å². The second-order valence-corrected chi connectivity index (χ2v) is 4.31. The molecule has 2 heterocycles. The Hall–Kier alpha value is -0.0800. The number of nitrogens with two attached hydrogens (primary N) is 1. The summed E-state index contributed by atoms with van der Waals surface area (Å²) in [4.78, 5) is 2.59. The summed E-state index contributed by atoms with van der Waals surface area (Å²) < 4.78 is 0. The molecule has 0 aromatic carbocycles. The maximum atomic E-state index is 5.79. The Labute approximate surface area is 68.7 Å². The second-order valence-electron chi connectivity index (χ2n) is 4.31. The summed E-state index contributed by atoms with van der Waals surface area (Å²) in [5.41, 5.74) is 6.31. The summed E-state index contributed by atoms with van der Waals surface area (Å²) in [6.45, 7) is 5.80. The molecule has 2 bridgehead atoms. The molecule has 2 saturated heterocycles. The van der Waals surface area contributed by atoms with E-state index in [0.717, 1.165) is 12.6 Å². The zero-order valence-corrected chi connectivity index (χ0v) is 7.34. The quantitative estimate of drug-likeness (QED) is 0.606. The maximum absolute atomic E-state index is 5.79. The molecule has 11 heavy (non-hydrogen) atoms. The van der Waals surface area contributed by atoms with Crippen LogP contribution in [0.2, 0.25) is 0 Å². The summed E-state index contributed by atoms with van der Waals surface area (Å²) in [6.07, 6.45) is 4.06. The molecule has 2 fully saturated rings. The van der Waals surface area contributed by atoms with Crippen LogP contribution in [-0.4, -0.2) is 30.6 Å². The van der Waals surface area contributed by atoms with Gasteiger partial charge in [0.25, 0.3) is 0 Å². The van der Waals surface area contributed by atoms with Gasteiger partial charge in [0.05, 0.1) is 0 Å². The van der Waals surface area contributed by atoms with Gasteiger partial charge < -0.3 is 10.6 Å². The third-order valence-corrected chi connectivity index (χ3v) is 3.62. The number of nitrogens with zero attached hydrogens (tertiary/aromatic N) is 1. The van der Waals surface area contributed by atoms with Gasteiger partial charge in [-0.3, -0.25) is 0 Å². The monoisotopic (exact) mass is 154 g/mol. The minimum atomic E-state index is 0.520. The van der Waals surface area contributed by atoms with Crippen LogP contribution in [0.5, 0.6) is 0 Å². The predicted molar refractivity (Wildman–Crippen MR) is 46.4 cm³/mol. The molecular weight excluding hydrogens is 136 g/mol. The van der Waals surface area contributed by atoms with E-state index >= 15 is 0 Å². The third-order valence-electron chi connectivity index (χ3n) is 3.62. The Balaban J connectivity index is 2.10. The third kappa shape index (κ3) is 1.09. The molecule has 0 aliphatic carbocycles. The number of fused-ring (bicyclic) bond motifs is 2. The molecule has 0 amide bonds. The van der Waals surface area contributed by atoms with Gasteiger partial charge in [-0.15, -0.1) is 0 Å². The van der Waals surface area contributed by atoms with Crippen LogP contribution in [-0.2, 0) is 0 Å². The fourth-order valence-corrected chi connectivity index (χ4v) is 2.52. The van der Waals surface area contributed by atoms with Crippen molar-refractivity contribution in [1.29, 1.82) is 0 Å². The first kappa shape index (κ1) is 7.56. The van der Waals surface area contributed by atoms with Gasteiger partial charge in [0.1, 0.15) is 0 Å². The SMILES string of the molecule is CC1CCC2(CN)CCN1C2. The standard InChI is InChI=1S/C9H18N2/c1-8-2-3-9(6-10)4-5-11(8)7-9/h8H,2-7,10H2,1H3. The van der Waals surface area contributed by atoms with Gasteiger partial charge in [-0.1, -0.05) is 0 Å². The molecule has 2 nitrogen and oxygen atoms in total. The van der Waals surface area contributed by atoms with E-state index in [9.17, 15) is 0 Å². The smallest absolute Gasteiger partial charge is 0.00673 e. The van der Waals surface area contributed by atoms with Crippen LogP contribution >= 0.6 is 0 Å². The molecule has 2 N–H and O–H groups in total. The van der Waals surface area contributed by atoms with Gasteiger partial charge in [0.2, 0.25) is 0 Å². The van der Waals surface area contributed by atoms with Crippen molar-refractivity contribution in [2.24, 2.45) is 11.1 Å². The Bertz CT molecular complexity index is 158. The first-order valence-corrected chi connectivity index (χ1v) is 4.70. The molecular formula is C9H18N2. The van der Waals surface area contributed by atoms with Crippen molar-refractivity contribution in [3.05, 3.63) is 0 Å². The summed E-state index contributed by atoms with van der Waals surface area (Å²) in [5.74, 6) is 0. The molecule has 2 heteroatoms. The summed E-state index contributed by atoms with van der Waals surface area (Å²) in [6, 6.07) is 0.817. The highest BCUT2D eigenvalue weighted by Crippen LogP contribution is 2.40. The highest BCUT2D eigenvalue weighted by molar-refractivity contribution is 4.96. The Morgan fingerprint density at radius 2 is 2.36 bits per heavy atom. The van der Waals surface area contributed by atoms with Crippen LogP contribution in [0.15, 0.2) is 0 Å². The van der Waals surface area contributed by atoms with E-state index in [2.05, 4.69) is 11.8 Å². The molecule has 2 aliphatic rings. The van der Waals surface area contributed by atoms with Crippen LogP contribution < -0.4 is 5.73 Å². The van der Waals surface area contributed by atoms with Gasteiger partial charge in [0.15, 0.2) is 0 Å². The fraction of sp³-hybridized carbons (Fsp3) is 1.00. The molecule has 0 aromatic heterocycles. The van der Waals surface area contributed by atoms with E-state index in [0.29, 0.717) is 5.41 Å². The van der Waals surface area contributed by atoms with Gasteiger partial charge in [-0.05, 0) is 44.7 Å². The van der Waals surface area contributed by atoms with Crippen LogP contribution in [0.3, 0.4) is 0 Å². The number of hydrogen-bond acceptors (Lipinski definition) is 2. The Morgan fingerprint density at radius 3 is 3.09 bits per heavy atom. The minimum Gasteiger partial charge on any atom is -0.330 e. The highest BCUT2D eigenvalue weighted by Gasteiger charge is 2.42. The molecule has 0 spiro atoms. The molecule has 64 valence electrons.